The van der Waals surface area contributed by atoms with E-state index in [2.05, 4.69) is 16.5 Å². The number of carbonyl (C=O) groups is 2. The van der Waals surface area contributed by atoms with E-state index < -0.39 is 12.1 Å². The number of rotatable bonds is 3. The summed E-state index contributed by atoms with van der Waals surface area (Å²) >= 11 is 6.17. The number of likely N-dealkylation sites (tertiary alicyclic amines) is 1. The second-order valence-corrected chi connectivity index (χ2v) is 8.07. The Morgan fingerprint density at radius 1 is 1.22 bits per heavy atom. The van der Waals surface area contributed by atoms with Gasteiger partial charge in [0.25, 0.3) is 0 Å². The fourth-order valence-electron chi connectivity index (χ4n) is 4.62. The predicted molar refractivity (Wildman–Crippen MR) is 104 cm³/mol. The molecular weight excluding hydrogens is 366 g/mol. The number of nitrogens with zero attached hydrogens (tertiary/aromatic N) is 1. The van der Waals surface area contributed by atoms with Crippen LogP contribution in [0, 0.1) is 0 Å². The number of hydrogen-bond acceptors (Lipinski definition) is 2. The number of benzene rings is 1. The molecule has 1 saturated heterocycles. The monoisotopic (exact) mass is 389 g/mol. The Hall–Kier alpha value is -2.21. The molecule has 2 fully saturated rings. The number of aromatic nitrogens is 1. The first-order valence-electron chi connectivity index (χ1n) is 9.59. The standard InChI is InChI=1S/C20H24ClN3O3/c21-13-6-7-17-15(10-13)16(11-22-17)12-3-1-4-14(9-12)23-19(25)18-5-2-8-24(18)20(26)27/h6-7,10-12,14,18,22H,1-5,8-9H2,(H,23,25)(H,26,27)/t12-,14?,18?/m1/s1. The van der Waals surface area contributed by atoms with Gasteiger partial charge in [0.1, 0.15) is 6.04 Å². The molecule has 6 nitrogen and oxygen atoms in total. The molecule has 1 aromatic carbocycles. The largest absolute Gasteiger partial charge is 0.465 e. The first kappa shape index (κ1) is 18.2. The van der Waals surface area contributed by atoms with Crippen molar-refractivity contribution in [2.45, 2.75) is 56.5 Å². The molecule has 1 aliphatic heterocycles. The van der Waals surface area contributed by atoms with E-state index in [0.717, 1.165) is 48.0 Å². The summed E-state index contributed by atoms with van der Waals surface area (Å²) in [5, 5.41) is 14.2. The lowest BCUT2D eigenvalue weighted by Crippen LogP contribution is -2.49. The second-order valence-electron chi connectivity index (χ2n) is 7.64. The van der Waals surface area contributed by atoms with Gasteiger partial charge >= 0.3 is 6.09 Å². The molecule has 3 atom stereocenters. The first-order valence-corrected chi connectivity index (χ1v) is 9.97. The third-order valence-corrected chi connectivity index (χ3v) is 6.17. The highest BCUT2D eigenvalue weighted by Gasteiger charge is 2.35. The number of hydrogen-bond donors (Lipinski definition) is 3. The van der Waals surface area contributed by atoms with Crippen molar-refractivity contribution in [3.05, 3.63) is 35.0 Å². The maximum atomic E-state index is 12.6. The topological polar surface area (TPSA) is 85.4 Å². The molecule has 2 heterocycles. The third kappa shape index (κ3) is 3.63. The fraction of sp³-hybridized carbons (Fsp3) is 0.500. The highest BCUT2D eigenvalue weighted by molar-refractivity contribution is 6.31. The van der Waals surface area contributed by atoms with Crippen LogP contribution in [-0.4, -0.2) is 45.6 Å². The highest BCUT2D eigenvalue weighted by Crippen LogP contribution is 2.37. The second kappa shape index (κ2) is 7.43. The molecule has 1 aromatic heterocycles. The van der Waals surface area contributed by atoms with Crippen LogP contribution in [0.3, 0.4) is 0 Å². The van der Waals surface area contributed by atoms with Crippen molar-refractivity contribution in [2.75, 3.05) is 6.54 Å². The predicted octanol–water partition coefficient (Wildman–Crippen LogP) is 4.11. The van der Waals surface area contributed by atoms with Gasteiger partial charge in [-0.15, -0.1) is 0 Å². The molecule has 2 unspecified atom stereocenters. The van der Waals surface area contributed by atoms with Gasteiger partial charge in [-0.1, -0.05) is 18.0 Å². The Balaban J connectivity index is 1.46. The Bertz CT molecular complexity index is 865. The van der Waals surface area contributed by atoms with E-state index in [0.29, 0.717) is 18.9 Å². The molecule has 27 heavy (non-hydrogen) atoms. The molecule has 2 aliphatic rings. The Kier molecular flexibility index (Phi) is 5.00. The summed E-state index contributed by atoms with van der Waals surface area (Å²) < 4.78 is 0. The summed E-state index contributed by atoms with van der Waals surface area (Å²) in [6.07, 6.45) is 6.31. The molecule has 0 spiro atoms. The summed E-state index contributed by atoms with van der Waals surface area (Å²) in [7, 11) is 0. The zero-order chi connectivity index (χ0) is 19.0. The van der Waals surface area contributed by atoms with Crippen molar-refractivity contribution in [1.29, 1.82) is 0 Å². The van der Waals surface area contributed by atoms with E-state index in [4.69, 9.17) is 11.6 Å². The Labute approximate surface area is 162 Å². The average molecular weight is 390 g/mol. The third-order valence-electron chi connectivity index (χ3n) is 5.94. The Morgan fingerprint density at radius 3 is 2.89 bits per heavy atom. The summed E-state index contributed by atoms with van der Waals surface area (Å²) in [4.78, 5) is 28.5. The fourth-order valence-corrected chi connectivity index (χ4v) is 4.79. The van der Waals surface area contributed by atoms with Gasteiger partial charge < -0.3 is 15.4 Å². The number of nitrogens with one attached hydrogen (secondary N) is 2. The minimum Gasteiger partial charge on any atom is -0.465 e. The van der Waals surface area contributed by atoms with Crippen molar-refractivity contribution in [3.63, 3.8) is 0 Å². The van der Waals surface area contributed by atoms with Crippen molar-refractivity contribution >= 4 is 34.5 Å². The number of fused-ring (bicyclic) bond motifs is 1. The van der Waals surface area contributed by atoms with Crippen LogP contribution in [0.15, 0.2) is 24.4 Å². The lowest BCUT2D eigenvalue weighted by atomic mass is 9.81. The number of carboxylic acid groups (broad SMARTS) is 1. The number of halogens is 1. The van der Waals surface area contributed by atoms with Crippen molar-refractivity contribution in [2.24, 2.45) is 0 Å². The summed E-state index contributed by atoms with van der Waals surface area (Å²) in [6.45, 7) is 0.441. The molecule has 3 N–H and O–H groups in total. The number of amides is 2. The summed E-state index contributed by atoms with van der Waals surface area (Å²) in [6, 6.07) is 5.40. The van der Waals surface area contributed by atoms with E-state index >= 15 is 0 Å². The maximum Gasteiger partial charge on any atom is 0.407 e. The lowest BCUT2D eigenvalue weighted by Gasteiger charge is -2.31. The average Bonchev–Trinajstić information content (AvgIpc) is 3.29. The van der Waals surface area contributed by atoms with E-state index in [9.17, 15) is 14.7 Å². The van der Waals surface area contributed by atoms with Crippen LogP contribution in [0.1, 0.15) is 50.0 Å². The number of aromatic amines is 1. The summed E-state index contributed by atoms with van der Waals surface area (Å²) in [5.41, 5.74) is 2.32. The van der Waals surface area contributed by atoms with Gasteiger partial charge in [-0.3, -0.25) is 9.69 Å². The quantitative estimate of drug-likeness (QED) is 0.738. The highest BCUT2D eigenvalue weighted by atomic mass is 35.5. The number of carbonyl (C=O) groups excluding carboxylic acids is 1. The van der Waals surface area contributed by atoms with Gasteiger partial charge in [-0.2, -0.15) is 0 Å². The molecule has 144 valence electrons. The van der Waals surface area contributed by atoms with Crippen LogP contribution in [0.4, 0.5) is 4.79 Å². The molecule has 0 bridgehead atoms. The van der Waals surface area contributed by atoms with Crippen LogP contribution < -0.4 is 5.32 Å². The van der Waals surface area contributed by atoms with Gasteiger partial charge in [0.15, 0.2) is 0 Å². The van der Waals surface area contributed by atoms with Crippen LogP contribution >= 0.6 is 11.6 Å². The molecule has 2 amide bonds. The van der Waals surface area contributed by atoms with E-state index in [1.54, 1.807) is 0 Å². The zero-order valence-corrected chi connectivity index (χ0v) is 15.8. The van der Waals surface area contributed by atoms with Crippen molar-refractivity contribution in [3.8, 4) is 0 Å². The van der Waals surface area contributed by atoms with Gasteiger partial charge in [-0.05, 0) is 61.8 Å². The molecule has 2 aromatic rings. The van der Waals surface area contributed by atoms with E-state index in [1.165, 1.54) is 10.5 Å². The smallest absolute Gasteiger partial charge is 0.407 e. The first-order chi connectivity index (χ1) is 13.0. The van der Waals surface area contributed by atoms with Crippen molar-refractivity contribution in [1.82, 2.24) is 15.2 Å². The molecule has 4 rings (SSSR count). The minimum absolute atomic E-state index is 0.0802. The van der Waals surface area contributed by atoms with Gasteiger partial charge in [0.2, 0.25) is 5.91 Å². The van der Waals surface area contributed by atoms with E-state index in [-0.39, 0.29) is 11.9 Å². The minimum atomic E-state index is -1.01. The Morgan fingerprint density at radius 2 is 2.07 bits per heavy atom. The van der Waals surface area contributed by atoms with Crippen LogP contribution in [0.2, 0.25) is 5.02 Å². The number of H-pyrrole nitrogens is 1. The molecular formula is C20H24ClN3O3. The SMILES string of the molecule is O=C(NC1CCC[C@@H](c2c[nH]c3ccc(Cl)cc23)C1)C1CCCN1C(=O)O. The molecule has 1 aliphatic carbocycles. The van der Waals surface area contributed by atoms with Crippen LogP contribution in [0.5, 0.6) is 0 Å². The van der Waals surface area contributed by atoms with Gasteiger partial charge in [-0.25, -0.2) is 4.79 Å². The van der Waals surface area contributed by atoms with E-state index in [1.807, 2.05) is 18.2 Å². The molecule has 0 radical (unpaired) electrons. The van der Waals surface area contributed by atoms with Crippen LogP contribution in [0.25, 0.3) is 10.9 Å². The molecule has 1 saturated carbocycles. The van der Waals surface area contributed by atoms with Gasteiger partial charge in [0.05, 0.1) is 0 Å². The lowest BCUT2D eigenvalue weighted by molar-refractivity contribution is -0.126. The van der Waals surface area contributed by atoms with Crippen LogP contribution in [-0.2, 0) is 4.79 Å². The maximum absolute atomic E-state index is 12.6. The van der Waals surface area contributed by atoms with Crippen molar-refractivity contribution < 1.29 is 14.7 Å². The zero-order valence-electron chi connectivity index (χ0n) is 15.1. The summed E-state index contributed by atoms with van der Waals surface area (Å²) in [5.74, 6) is 0.206. The molecule has 7 heteroatoms. The normalized spacial score (nSPS) is 25.7. The van der Waals surface area contributed by atoms with Gasteiger partial charge in [0, 0.05) is 34.7 Å².